The van der Waals surface area contributed by atoms with Gasteiger partial charge in [-0.25, -0.2) is 0 Å². The molecule has 0 saturated heterocycles. The van der Waals surface area contributed by atoms with E-state index in [0.717, 1.165) is 19.3 Å². The number of aliphatic carboxylic acids is 1. The van der Waals surface area contributed by atoms with Crippen LogP contribution in [0.4, 0.5) is 0 Å². The van der Waals surface area contributed by atoms with Crippen LogP contribution in [0.5, 0.6) is 0 Å². The summed E-state index contributed by atoms with van der Waals surface area (Å²) in [5.41, 5.74) is 0. The molecular formula is C9H14O2. The zero-order chi connectivity index (χ0) is 8.27. The highest BCUT2D eigenvalue weighted by Gasteiger charge is 2.26. The number of rotatable bonds is 3. The second-order valence-electron chi connectivity index (χ2n) is 3.19. The zero-order valence-electron chi connectivity index (χ0n) is 6.62. The van der Waals surface area contributed by atoms with Crippen LogP contribution in [0, 0.1) is 11.8 Å². The Kier molecular flexibility index (Phi) is 2.69. The predicted molar refractivity (Wildman–Crippen MR) is 43.3 cm³/mol. The van der Waals surface area contributed by atoms with Crippen LogP contribution in [-0.4, -0.2) is 11.1 Å². The topological polar surface area (TPSA) is 37.3 Å². The molecule has 0 bridgehead atoms. The lowest BCUT2D eigenvalue weighted by molar-refractivity contribution is -0.138. The fourth-order valence-corrected chi connectivity index (χ4v) is 1.85. The minimum atomic E-state index is -0.677. The van der Waals surface area contributed by atoms with Crippen molar-refractivity contribution in [3.63, 3.8) is 0 Å². The van der Waals surface area contributed by atoms with Gasteiger partial charge < -0.3 is 5.11 Å². The lowest BCUT2D eigenvalue weighted by Crippen LogP contribution is -2.10. The van der Waals surface area contributed by atoms with Gasteiger partial charge in [0, 0.05) is 6.42 Å². The van der Waals surface area contributed by atoms with E-state index in [-0.39, 0.29) is 0 Å². The maximum Gasteiger partial charge on any atom is 0.303 e. The largest absolute Gasteiger partial charge is 0.481 e. The van der Waals surface area contributed by atoms with Crippen LogP contribution in [0.3, 0.4) is 0 Å². The van der Waals surface area contributed by atoms with Gasteiger partial charge in [0.1, 0.15) is 0 Å². The van der Waals surface area contributed by atoms with E-state index < -0.39 is 5.97 Å². The van der Waals surface area contributed by atoms with Crippen molar-refractivity contribution in [2.24, 2.45) is 11.8 Å². The van der Waals surface area contributed by atoms with Crippen molar-refractivity contribution in [1.29, 1.82) is 0 Å². The van der Waals surface area contributed by atoms with Gasteiger partial charge in [-0.05, 0) is 24.7 Å². The third-order valence-electron chi connectivity index (χ3n) is 2.46. The molecule has 2 atom stereocenters. The minimum absolute atomic E-state index is 0.316. The highest BCUT2D eigenvalue weighted by atomic mass is 16.4. The number of hydrogen-bond acceptors (Lipinski definition) is 1. The van der Waals surface area contributed by atoms with E-state index in [1.54, 1.807) is 0 Å². The van der Waals surface area contributed by atoms with E-state index in [9.17, 15) is 4.79 Å². The summed E-state index contributed by atoms with van der Waals surface area (Å²) in [5.74, 6) is 0.125. The zero-order valence-corrected chi connectivity index (χ0v) is 6.62. The summed E-state index contributed by atoms with van der Waals surface area (Å²) >= 11 is 0. The van der Waals surface area contributed by atoms with Crippen molar-refractivity contribution in [3.8, 4) is 0 Å². The van der Waals surface area contributed by atoms with E-state index in [2.05, 4.69) is 6.58 Å². The molecule has 1 unspecified atom stereocenters. The molecular weight excluding hydrogens is 140 g/mol. The molecule has 1 fully saturated rings. The van der Waals surface area contributed by atoms with Gasteiger partial charge in [-0.2, -0.15) is 0 Å². The summed E-state index contributed by atoms with van der Waals surface area (Å²) in [6, 6.07) is 0. The summed E-state index contributed by atoms with van der Waals surface area (Å²) in [6.07, 6.45) is 5.57. The Bertz CT molecular complexity index is 163. The van der Waals surface area contributed by atoms with Crippen LogP contribution < -0.4 is 0 Å². The molecule has 0 aromatic heterocycles. The molecule has 0 aliphatic heterocycles. The van der Waals surface area contributed by atoms with E-state index in [0.29, 0.717) is 18.3 Å². The lowest BCUT2D eigenvalue weighted by atomic mass is 9.93. The van der Waals surface area contributed by atoms with Gasteiger partial charge in [-0.3, -0.25) is 4.79 Å². The van der Waals surface area contributed by atoms with Crippen molar-refractivity contribution in [1.82, 2.24) is 0 Å². The van der Waals surface area contributed by atoms with Crippen LogP contribution in [0.2, 0.25) is 0 Å². The summed E-state index contributed by atoms with van der Waals surface area (Å²) in [6.45, 7) is 3.71. The first-order chi connectivity index (χ1) is 5.24. The van der Waals surface area contributed by atoms with Crippen LogP contribution in [0.1, 0.15) is 25.7 Å². The predicted octanol–water partition coefficient (Wildman–Crippen LogP) is 2.06. The van der Waals surface area contributed by atoms with Gasteiger partial charge >= 0.3 is 5.97 Å². The monoisotopic (exact) mass is 154 g/mol. The maximum absolute atomic E-state index is 10.4. The second-order valence-corrected chi connectivity index (χ2v) is 3.19. The molecule has 1 rings (SSSR count). The quantitative estimate of drug-likeness (QED) is 0.632. The summed E-state index contributed by atoms with van der Waals surface area (Å²) in [5, 5.41) is 8.55. The van der Waals surface area contributed by atoms with Crippen molar-refractivity contribution >= 4 is 5.97 Å². The summed E-state index contributed by atoms with van der Waals surface area (Å²) in [4.78, 5) is 10.4. The molecule has 0 amide bonds. The summed E-state index contributed by atoms with van der Waals surface area (Å²) in [7, 11) is 0. The van der Waals surface area contributed by atoms with Crippen molar-refractivity contribution in [2.75, 3.05) is 0 Å². The minimum Gasteiger partial charge on any atom is -0.481 e. The molecule has 0 radical (unpaired) electrons. The lowest BCUT2D eigenvalue weighted by Gasteiger charge is -2.12. The van der Waals surface area contributed by atoms with Crippen LogP contribution in [0.15, 0.2) is 12.7 Å². The fourth-order valence-electron chi connectivity index (χ4n) is 1.85. The second kappa shape index (κ2) is 3.56. The van der Waals surface area contributed by atoms with Crippen molar-refractivity contribution < 1.29 is 9.90 Å². The normalized spacial score (nSPS) is 30.2. The number of carboxylic acids is 1. The Balaban J connectivity index is 2.43. The van der Waals surface area contributed by atoms with E-state index in [4.69, 9.17) is 5.11 Å². The van der Waals surface area contributed by atoms with Crippen LogP contribution in [-0.2, 0) is 4.79 Å². The molecule has 2 heteroatoms. The van der Waals surface area contributed by atoms with Crippen LogP contribution >= 0.6 is 0 Å². The van der Waals surface area contributed by atoms with Gasteiger partial charge in [0.2, 0.25) is 0 Å². The molecule has 0 heterocycles. The molecule has 1 saturated carbocycles. The van der Waals surface area contributed by atoms with E-state index >= 15 is 0 Å². The Morgan fingerprint density at radius 1 is 1.64 bits per heavy atom. The first kappa shape index (κ1) is 8.31. The maximum atomic E-state index is 10.4. The Morgan fingerprint density at radius 3 is 2.91 bits per heavy atom. The average Bonchev–Trinajstić information content (AvgIpc) is 2.34. The standard InChI is InChI=1S/C9H14O2/c1-2-7-4-3-5-8(7)6-9(10)11/h2,7-8H,1,3-6H2,(H,10,11)/t7?,8-/m1/s1. The molecule has 2 nitrogen and oxygen atoms in total. The van der Waals surface area contributed by atoms with Crippen molar-refractivity contribution in [3.05, 3.63) is 12.7 Å². The van der Waals surface area contributed by atoms with E-state index in [1.165, 1.54) is 0 Å². The molecule has 1 N–H and O–H groups in total. The Morgan fingerprint density at radius 2 is 2.36 bits per heavy atom. The molecule has 1 aliphatic rings. The molecule has 0 aromatic carbocycles. The number of carboxylic acid groups (broad SMARTS) is 1. The first-order valence-corrected chi connectivity index (χ1v) is 4.08. The molecule has 62 valence electrons. The van der Waals surface area contributed by atoms with Gasteiger partial charge in [0.25, 0.3) is 0 Å². The first-order valence-electron chi connectivity index (χ1n) is 4.08. The smallest absolute Gasteiger partial charge is 0.303 e. The third-order valence-corrected chi connectivity index (χ3v) is 2.46. The number of allylic oxidation sites excluding steroid dienone is 1. The van der Waals surface area contributed by atoms with E-state index in [1.807, 2.05) is 6.08 Å². The summed E-state index contributed by atoms with van der Waals surface area (Å²) < 4.78 is 0. The van der Waals surface area contributed by atoms with Crippen LogP contribution in [0.25, 0.3) is 0 Å². The third kappa shape index (κ3) is 2.07. The number of hydrogen-bond donors (Lipinski definition) is 1. The van der Waals surface area contributed by atoms with Gasteiger partial charge in [0.15, 0.2) is 0 Å². The van der Waals surface area contributed by atoms with Crippen molar-refractivity contribution in [2.45, 2.75) is 25.7 Å². The van der Waals surface area contributed by atoms with Gasteiger partial charge in [-0.1, -0.05) is 12.5 Å². The highest BCUT2D eigenvalue weighted by molar-refractivity contribution is 5.67. The SMILES string of the molecule is C=CC1CCC[C@@H]1CC(=O)O. The molecule has 0 aromatic rings. The number of carbonyl (C=O) groups is 1. The molecule has 11 heavy (non-hydrogen) atoms. The average molecular weight is 154 g/mol. The van der Waals surface area contributed by atoms with Gasteiger partial charge in [0.05, 0.1) is 0 Å². The Hall–Kier alpha value is -0.790. The molecule has 0 spiro atoms. The van der Waals surface area contributed by atoms with Gasteiger partial charge in [-0.15, -0.1) is 6.58 Å². The Labute approximate surface area is 66.9 Å². The highest BCUT2D eigenvalue weighted by Crippen LogP contribution is 2.34. The molecule has 1 aliphatic carbocycles. The fraction of sp³-hybridized carbons (Fsp3) is 0.667.